The summed E-state index contributed by atoms with van der Waals surface area (Å²) in [5.74, 6) is 0.278. The van der Waals surface area contributed by atoms with E-state index >= 15 is 0 Å². The van der Waals surface area contributed by atoms with Gasteiger partial charge < -0.3 is 9.64 Å². The number of rotatable bonds is 3. The number of esters is 1. The van der Waals surface area contributed by atoms with Crippen molar-refractivity contribution in [3.05, 3.63) is 29.3 Å². The van der Waals surface area contributed by atoms with Crippen molar-refractivity contribution in [2.45, 2.75) is 20.8 Å². The Kier molecular flexibility index (Phi) is 3.88. The summed E-state index contributed by atoms with van der Waals surface area (Å²) in [4.78, 5) is 25.2. The van der Waals surface area contributed by atoms with Gasteiger partial charge in [-0.05, 0) is 25.9 Å². The van der Waals surface area contributed by atoms with Gasteiger partial charge in [-0.15, -0.1) is 4.91 Å². The lowest BCUT2D eigenvalue weighted by Crippen LogP contribution is -2.29. The molecule has 0 atom stereocenters. The molecular weight excluding hydrogens is 222 g/mol. The van der Waals surface area contributed by atoms with Crippen LogP contribution in [0.2, 0.25) is 0 Å². The summed E-state index contributed by atoms with van der Waals surface area (Å²) in [5, 5.41) is 2.72. The first-order chi connectivity index (χ1) is 7.86. The highest BCUT2D eigenvalue weighted by atomic mass is 16.5. The van der Waals surface area contributed by atoms with Crippen LogP contribution in [0.15, 0.2) is 29.6 Å². The van der Waals surface area contributed by atoms with E-state index in [1.54, 1.807) is 50.0 Å². The summed E-state index contributed by atoms with van der Waals surface area (Å²) in [6.45, 7) is 5.42. The Morgan fingerprint density at radius 1 is 1.47 bits per heavy atom. The molecule has 0 N–H and O–H groups in total. The van der Waals surface area contributed by atoms with E-state index in [0.717, 1.165) is 0 Å². The number of carbonyl (C=O) groups excluding carboxylic acids is 1. The molecule has 6 nitrogen and oxygen atoms in total. The molecule has 0 bridgehead atoms. The third kappa shape index (κ3) is 3.30. The SMILES string of the molecule is CN1C=CN(COC(=O)C(C)(C)C)/C1=C\N=O. The highest BCUT2D eigenvalue weighted by molar-refractivity contribution is 5.75. The molecule has 0 aliphatic carbocycles. The van der Waals surface area contributed by atoms with Gasteiger partial charge in [0.1, 0.15) is 12.0 Å². The Morgan fingerprint density at radius 2 is 2.12 bits per heavy atom. The van der Waals surface area contributed by atoms with Crippen LogP contribution in [0, 0.1) is 10.3 Å². The second-order valence-corrected chi connectivity index (χ2v) is 4.78. The Morgan fingerprint density at radius 3 is 2.65 bits per heavy atom. The molecular formula is C11H17N3O3. The molecule has 0 aromatic carbocycles. The number of hydrogen-bond donors (Lipinski definition) is 0. The van der Waals surface area contributed by atoms with Gasteiger partial charge in [-0.3, -0.25) is 9.69 Å². The molecule has 1 aliphatic heterocycles. The van der Waals surface area contributed by atoms with E-state index in [4.69, 9.17) is 4.74 Å². The Hall–Kier alpha value is -1.85. The molecule has 0 unspecified atom stereocenters. The molecule has 0 radical (unpaired) electrons. The maximum absolute atomic E-state index is 11.6. The average molecular weight is 239 g/mol. The maximum Gasteiger partial charge on any atom is 0.312 e. The first-order valence-corrected chi connectivity index (χ1v) is 5.24. The molecule has 94 valence electrons. The topological polar surface area (TPSA) is 62.2 Å². The molecule has 0 saturated carbocycles. The minimum Gasteiger partial charge on any atom is -0.443 e. The van der Waals surface area contributed by atoms with Gasteiger partial charge in [0.25, 0.3) is 0 Å². The predicted octanol–water partition coefficient (Wildman–Crippen LogP) is 1.82. The smallest absolute Gasteiger partial charge is 0.312 e. The van der Waals surface area contributed by atoms with Crippen LogP contribution in [0.5, 0.6) is 0 Å². The van der Waals surface area contributed by atoms with Gasteiger partial charge >= 0.3 is 5.97 Å². The molecule has 0 saturated heterocycles. The molecule has 0 aromatic rings. The van der Waals surface area contributed by atoms with Gasteiger partial charge in [-0.2, -0.15) is 0 Å². The van der Waals surface area contributed by atoms with Crippen LogP contribution >= 0.6 is 0 Å². The largest absolute Gasteiger partial charge is 0.443 e. The fraction of sp³-hybridized carbons (Fsp3) is 0.545. The lowest BCUT2D eigenvalue weighted by Gasteiger charge is -2.23. The summed E-state index contributed by atoms with van der Waals surface area (Å²) in [5.41, 5.74) is -0.540. The van der Waals surface area contributed by atoms with E-state index in [1.807, 2.05) is 0 Å². The zero-order chi connectivity index (χ0) is 13.1. The third-order valence-electron chi connectivity index (χ3n) is 2.24. The van der Waals surface area contributed by atoms with Crippen molar-refractivity contribution in [1.29, 1.82) is 0 Å². The number of nitroso groups, excluding NO2 is 1. The van der Waals surface area contributed by atoms with E-state index in [0.29, 0.717) is 5.82 Å². The molecule has 1 aliphatic rings. The molecule has 0 aromatic heterocycles. The van der Waals surface area contributed by atoms with E-state index in [1.165, 1.54) is 6.20 Å². The van der Waals surface area contributed by atoms with Gasteiger partial charge in [-0.25, -0.2) is 0 Å². The van der Waals surface area contributed by atoms with Crippen molar-refractivity contribution in [1.82, 2.24) is 9.80 Å². The van der Waals surface area contributed by atoms with E-state index < -0.39 is 5.41 Å². The molecule has 6 heteroatoms. The van der Waals surface area contributed by atoms with Crippen LogP contribution in [0.4, 0.5) is 0 Å². The van der Waals surface area contributed by atoms with Crippen molar-refractivity contribution in [2.75, 3.05) is 13.8 Å². The van der Waals surface area contributed by atoms with Crippen LogP contribution in [0.3, 0.4) is 0 Å². The number of hydrogen-bond acceptors (Lipinski definition) is 6. The Labute approximate surface area is 100 Å². The van der Waals surface area contributed by atoms with Gasteiger partial charge in [-0.1, -0.05) is 0 Å². The highest BCUT2D eigenvalue weighted by Crippen LogP contribution is 2.20. The van der Waals surface area contributed by atoms with Crippen molar-refractivity contribution in [2.24, 2.45) is 10.6 Å². The first kappa shape index (κ1) is 13.2. The zero-order valence-electron chi connectivity index (χ0n) is 10.5. The van der Waals surface area contributed by atoms with Crippen LogP contribution in [-0.4, -0.2) is 29.5 Å². The summed E-state index contributed by atoms with van der Waals surface area (Å²) in [6, 6.07) is 0. The van der Waals surface area contributed by atoms with Gasteiger partial charge in [0.15, 0.2) is 6.73 Å². The van der Waals surface area contributed by atoms with Gasteiger partial charge in [0.2, 0.25) is 0 Å². The zero-order valence-corrected chi connectivity index (χ0v) is 10.5. The quantitative estimate of drug-likeness (QED) is 0.555. The number of ether oxygens (including phenoxy) is 1. The maximum atomic E-state index is 11.6. The minimum absolute atomic E-state index is 0.0678. The second-order valence-electron chi connectivity index (χ2n) is 4.78. The monoisotopic (exact) mass is 239 g/mol. The Bertz CT molecular complexity index is 369. The number of carbonyl (C=O) groups is 1. The van der Waals surface area contributed by atoms with Gasteiger partial charge in [0, 0.05) is 19.4 Å². The van der Waals surface area contributed by atoms with Gasteiger partial charge in [0.05, 0.1) is 5.41 Å². The summed E-state index contributed by atoms with van der Waals surface area (Å²) < 4.78 is 5.14. The molecule has 1 heterocycles. The standard InChI is InChI=1S/C11H17N3O3/c1-11(2,3)10(15)17-8-14-6-5-13(4)9(14)7-12-16/h5-7H,8H2,1-4H3/b9-7-. The minimum atomic E-state index is -0.540. The summed E-state index contributed by atoms with van der Waals surface area (Å²) in [7, 11) is 1.78. The third-order valence-corrected chi connectivity index (χ3v) is 2.24. The number of nitrogens with zero attached hydrogens (tertiary/aromatic N) is 3. The summed E-state index contributed by atoms with van der Waals surface area (Å²) >= 11 is 0. The van der Waals surface area contributed by atoms with Crippen LogP contribution in [0.1, 0.15) is 20.8 Å². The molecule has 0 spiro atoms. The normalized spacial score (nSPS) is 17.8. The van der Waals surface area contributed by atoms with Crippen molar-refractivity contribution < 1.29 is 9.53 Å². The Balaban J connectivity index is 2.59. The highest BCUT2D eigenvalue weighted by Gasteiger charge is 2.25. The van der Waals surface area contributed by atoms with E-state index in [9.17, 15) is 9.70 Å². The first-order valence-electron chi connectivity index (χ1n) is 5.24. The van der Waals surface area contributed by atoms with Crippen molar-refractivity contribution in [3.63, 3.8) is 0 Å². The van der Waals surface area contributed by atoms with Crippen LogP contribution in [0.25, 0.3) is 0 Å². The molecule has 0 fully saturated rings. The molecule has 0 amide bonds. The average Bonchev–Trinajstić information content (AvgIpc) is 2.56. The lowest BCUT2D eigenvalue weighted by molar-refractivity contribution is -0.156. The predicted molar refractivity (Wildman–Crippen MR) is 63.0 cm³/mol. The van der Waals surface area contributed by atoms with Crippen LogP contribution in [-0.2, 0) is 9.53 Å². The lowest BCUT2D eigenvalue weighted by atomic mass is 9.98. The molecule has 1 rings (SSSR count). The summed E-state index contributed by atoms with van der Waals surface area (Å²) in [6.07, 6.45) is 4.64. The van der Waals surface area contributed by atoms with Crippen molar-refractivity contribution >= 4 is 5.97 Å². The van der Waals surface area contributed by atoms with E-state index in [-0.39, 0.29) is 12.7 Å². The fourth-order valence-corrected chi connectivity index (χ4v) is 1.20. The van der Waals surface area contributed by atoms with Crippen molar-refractivity contribution in [3.8, 4) is 0 Å². The van der Waals surface area contributed by atoms with E-state index in [2.05, 4.69) is 5.18 Å². The second kappa shape index (κ2) is 4.99. The van der Waals surface area contributed by atoms with Crippen LogP contribution < -0.4 is 0 Å². The fourth-order valence-electron chi connectivity index (χ4n) is 1.20. The molecule has 17 heavy (non-hydrogen) atoms.